The number of piperidine rings is 1. The van der Waals surface area contributed by atoms with E-state index in [0.29, 0.717) is 35.0 Å². The minimum Gasteiger partial charge on any atom is -0.493 e. The van der Waals surface area contributed by atoms with E-state index >= 15 is 0 Å². The topological polar surface area (TPSA) is 64.5 Å². The lowest BCUT2D eigenvalue weighted by atomic mass is 9.98. The molecule has 1 fully saturated rings. The van der Waals surface area contributed by atoms with Crippen LogP contribution in [0.25, 0.3) is 10.6 Å². The van der Waals surface area contributed by atoms with Crippen LogP contribution >= 0.6 is 11.3 Å². The maximum Gasteiger partial charge on any atom is 0.227 e. The third-order valence-corrected chi connectivity index (χ3v) is 6.59. The summed E-state index contributed by atoms with van der Waals surface area (Å²) in [6.45, 7) is 1.32. The van der Waals surface area contributed by atoms with Gasteiger partial charge in [-0.1, -0.05) is 29.5 Å². The highest BCUT2D eigenvalue weighted by Gasteiger charge is 2.28. The number of rotatable bonds is 6. The van der Waals surface area contributed by atoms with Gasteiger partial charge in [0.15, 0.2) is 16.5 Å². The van der Waals surface area contributed by atoms with Crippen molar-refractivity contribution in [3.8, 4) is 22.1 Å². The van der Waals surface area contributed by atoms with Crippen molar-refractivity contribution in [1.29, 1.82) is 0 Å². The molecule has 1 saturated heterocycles. The van der Waals surface area contributed by atoms with Gasteiger partial charge in [0.05, 0.1) is 20.6 Å². The van der Waals surface area contributed by atoms with Crippen LogP contribution in [0.1, 0.15) is 29.3 Å². The van der Waals surface area contributed by atoms with Crippen molar-refractivity contribution in [3.63, 3.8) is 0 Å². The van der Waals surface area contributed by atoms with Gasteiger partial charge in [-0.25, -0.2) is 4.39 Å². The number of methoxy groups -OCH3 is 2. The van der Waals surface area contributed by atoms with Gasteiger partial charge < -0.3 is 14.4 Å². The number of amides is 1. The summed E-state index contributed by atoms with van der Waals surface area (Å²) in [4.78, 5) is 14.8. The van der Waals surface area contributed by atoms with Gasteiger partial charge in [0.1, 0.15) is 10.8 Å². The van der Waals surface area contributed by atoms with Crippen LogP contribution < -0.4 is 9.47 Å². The van der Waals surface area contributed by atoms with Crippen LogP contribution in [0, 0.1) is 5.82 Å². The highest BCUT2D eigenvalue weighted by Crippen LogP contribution is 2.34. The van der Waals surface area contributed by atoms with E-state index in [-0.39, 0.29) is 17.6 Å². The number of hydrogen-bond acceptors (Lipinski definition) is 6. The fourth-order valence-corrected chi connectivity index (χ4v) is 4.82. The van der Waals surface area contributed by atoms with Crippen molar-refractivity contribution in [2.75, 3.05) is 27.3 Å². The Hall–Kier alpha value is -3.00. The molecule has 0 radical (unpaired) electrons. The highest BCUT2D eigenvalue weighted by atomic mass is 32.1. The van der Waals surface area contributed by atoms with Gasteiger partial charge in [0, 0.05) is 24.6 Å². The van der Waals surface area contributed by atoms with Gasteiger partial charge >= 0.3 is 0 Å². The third-order valence-electron chi connectivity index (χ3n) is 5.47. The first kappa shape index (κ1) is 21.2. The summed E-state index contributed by atoms with van der Waals surface area (Å²) in [5.74, 6) is 1.12. The second-order valence-corrected chi connectivity index (χ2v) is 8.48. The molecule has 3 aromatic rings. The minimum absolute atomic E-state index is 0.0655. The molecule has 1 aliphatic rings. The molecule has 1 amide bonds. The van der Waals surface area contributed by atoms with Crippen molar-refractivity contribution in [1.82, 2.24) is 15.1 Å². The molecule has 162 valence electrons. The molecule has 0 spiro atoms. The third kappa shape index (κ3) is 4.69. The molecular weight excluding hydrogens is 417 g/mol. The molecule has 31 heavy (non-hydrogen) atoms. The van der Waals surface area contributed by atoms with Gasteiger partial charge in [0.2, 0.25) is 5.91 Å². The maximum absolute atomic E-state index is 14.1. The van der Waals surface area contributed by atoms with Gasteiger partial charge in [-0.05, 0) is 42.7 Å². The average Bonchev–Trinajstić information content (AvgIpc) is 3.29. The van der Waals surface area contributed by atoms with Gasteiger partial charge in [-0.15, -0.1) is 10.2 Å². The Bertz CT molecular complexity index is 1070. The van der Waals surface area contributed by atoms with Crippen molar-refractivity contribution in [2.24, 2.45) is 0 Å². The van der Waals surface area contributed by atoms with Crippen LogP contribution in [0.3, 0.4) is 0 Å². The van der Waals surface area contributed by atoms with E-state index in [1.807, 2.05) is 23.1 Å². The number of aromatic nitrogens is 2. The highest BCUT2D eigenvalue weighted by molar-refractivity contribution is 7.14. The molecule has 0 unspecified atom stereocenters. The molecule has 0 saturated carbocycles. The molecule has 6 nitrogen and oxygen atoms in total. The van der Waals surface area contributed by atoms with Gasteiger partial charge in [0.25, 0.3) is 0 Å². The molecule has 2 heterocycles. The first-order chi connectivity index (χ1) is 15.1. The number of benzene rings is 2. The molecule has 4 rings (SSSR count). The van der Waals surface area contributed by atoms with Crippen LogP contribution in [0.5, 0.6) is 11.5 Å². The summed E-state index contributed by atoms with van der Waals surface area (Å²) in [5.41, 5.74) is 1.34. The van der Waals surface area contributed by atoms with Crippen molar-refractivity contribution in [2.45, 2.75) is 25.2 Å². The zero-order valence-electron chi connectivity index (χ0n) is 17.5. The van der Waals surface area contributed by atoms with Crippen LogP contribution in [0.15, 0.2) is 42.5 Å². The first-order valence-corrected chi connectivity index (χ1v) is 11.0. The second-order valence-electron chi connectivity index (χ2n) is 7.47. The fourth-order valence-electron chi connectivity index (χ4n) is 3.83. The molecule has 1 aliphatic heterocycles. The number of carbonyl (C=O) groups excluding carboxylic acids is 1. The van der Waals surface area contributed by atoms with Crippen LogP contribution in [0.2, 0.25) is 0 Å². The quantitative estimate of drug-likeness (QED) is 0.570. The van der Waals surface area contributed by atoms with Crippen molar-refractivity contribution in [3.05, 3.63) is 58.9 Å². The van der Waals surface area contributed by atoms with E-state index in [4.69, 9.17) is 9.47 Å². The Morgan fingerprint density at radius 2 is 1.97 bits per heavy atom. The van der Waals surface area contributed by atoms with Gasteiger partial charge in [-0.2, -0.15) is 0 Å². The Kier molecular flexibility index (Phi) is 6.46. The fraction of sp³-hybridized carbons (Fsp3) is 0.348. The molecule has 2 aromatic carbocycles. The van der Waals surface area contributed by atoms with Gasteiger partial charge in [-0.3, -0.25) is 4.79 Å². The molecule has 0 aliphatic carbocycles. The summed E-state index contributed by atoms with van der Waals surface area (Å²) < 4.78 is 24.7. The van der Waals surface area contributed by atoms with E-state index in [1.54, 1.807) is 32.4 Å². The number of hydrogen-bond donors (Lipinski definition) is 0. The smallest absolute Gasteiger partial charge is 0.227 e. The van der Waals surface area contributed by atoms with E-state index in [2.05, 4.69) is 10.2 Å². The van der Waals surface area contributed by atoms with E-state index < -0.39 is 0 Å². The second kappa shape index (κ2) is 9.43. The Balaban J connectivity index is 1.44. The van der Waals surface area contributed by atoms with Crippen LogP contribution in [-0.2, 0) is 11.2 Å². The summed E-state index contributed by atoms with van der Waals surface area (Å²) >= 11 is 1.40. The van der Waals surface area contributed by atoms with E-state index in [0.717, 1.165) is 30.0 Å². The van der Waals surface area contributed by atoms with E-state index in [9.17, 15) is 9.18 Å². The molecule has 0 bridgehead atoms. The number of ether oxygens (including phenoxy) is 2. The summed E-state index contributed by atoms with van der Waals surface area (Å²) in [5, 5.41) is 9.93. The zero-order valence-corrected chi connectivity index (χ0v) is 18.3. The SMILES string of the molecule is COc1ccc(CC(=O)N2CCC[C@@H](c3nnc(-c4ccccc4F)s3)C2)cc1OC. The Morgan fingerprint density at radius 1 is 1.16 bits per heavy atom. The summed E-state index contributed by atoms with van der Waals surface area (Å²) in [6, 6.07) is 12.1. The molecule has 8 heteroatoms. The minimum atomic E-state index is -0.305. The Labute approximate surface area is 184 Å². The van der Waals surface area contributed by atoms with Crippen molar-refractivity contribution < 1.29 is 18.7 Å². The zero-order chi connectivity index (χ0) is 21.8. The van der Waals surface area contributed by atoms with Crippen LogP contribution in [-0.4, -0.2) is 48.3 Å². The average molecular weight is 442 g/mol. The molecule has 0 N–H and O–H groups in total. The first-order valence-electron chi connectivity index (χ1n) is 10.2. The lowest BCUT2D eigenvalue weighted by Crippen LogP contribution is -2.39. The molecule has 1 aromatic heterocycles. The Morgan fingerprint density at radius 3 is 2.74 bits per heavy atom. The van der Waals surface area contributed by atoms with Crippen LogP contribution in [0.4, 0.5) is 4.39 Å². The van der Waals surface area contributed by atoms with Crippen molar-refractivity contribution >= 4 is 17.2 Å². The largest absolute Gasteiger partial charge is 0.493 e. The number of carbonyl (C=O) groups is 1. The normalized spacial score (nSPS) is 16.2. The monoisotopic (exact) mass is 441 g/mol. The summed E-state index contributed by atoms with van der Waals surface area (Å²) in [7, 11) is 3.16. The maximum atomic E-state index is 14.1. The lowest BCUT2D eigenvalue weighted by molar-refractivity contribution is -0.131. The standard InChI is InChI=1S/C23H24FN3O3S/c1-29-19-10-9-15(12-20(19)30-2)13-21(28)27-11-5-6-16(14-27)22-25-26-23(31-22)17-7-3-4-8-18(17)24/h3-4,7-10,12,16H,5-6,11,13-14H2,1-2H3/t16-/m1/s1. The number of nitrogens with zero attached hydrogens (tertiary/aromatic N) is 3. The number of likely N-dealkylation sites (tertiary alicyclic amines) is 1. The molecule has 1 atom stereocenters. The summed E-state index contributed by atoms with van der Waals surface area (Å²) in [6.07, 6.45) is 2.13. The molecular formula is C23H24FN3O3S. The lowest BCUT2D eigenvalue weighted by Gasteiger charge is -2.31. The van der Waals surface area contributed by atoms with E-state index in [1.165, 1.54) is 17.4 Å². The predicted molar refractivity (Wildman–Crippen MR) is 117 cm³/mol. The number of halogens is 1. The predicted octanol–water partition coefficient (Wildman–Crippen LogP) is 4.31.